The van der Waals surface area contributed by atoms with Crippen LogP contribution >= 0.6 is 11.6 Å². The lowest BCUT2D eigenvalue weighted by Crippen LogP contribution is -2.43. The highest BCUT2D eigenvalue weighted by atomic mass is 35.5. The fourth-order valence-electron chi connectivity index (χ4n) is 2.34. The van der Waals surface area contributed by atoms with Gasteiger partial charge in [0.25, 0.3) is 0 Å². The summed E-state index contributed by atoms with van der Waals surface area (Å²) in [5.74, 6) is 0.271. The van der Waals surface area contributed by atoms with Gasteiger partial charge in [0.15, 0.2) is 0 Å². The van der Waals surface area contributed by atoms with Crippen molar-refractivity contribution in [2.75, 3.05) is 31.6 Å². The van der Waals surface area contributed by atoms with Crippen molar-refractivity contribution < 1.29 is 14.3 Å². The molecule has 0 heterocycles. The van der Waals surface area contributed by atoms with Crippen LogP contribution in [-0.4, -0.2) is 43.5 Å². The van der Waals surface area contributed by atoms with Crippen LogP contribution in [0.3, 0.4) is 0 Å². The van der Waals surface area contributed by atoms with Crippen molar-refractivity contribution in [2.45, 2.75) is 33.6 Å². The fourth-order valence-corrected chi connectivity index (χ4v) is 2.60. The van der Waals surface area contributed by atoms with Gasteiger partial charge in [0.05, 0.1) is 12.1 Å². The summed E-state index contributed by atoms with van der Waals surface area (Å²) in [6, 6.07) is 5.05. The Bertz CT molecular complexity index is 543. The summed E-state index contributed by atoms with van der Waals surface area (Å²) >= 11 is 6.12. The van der Waals surface area contributed by atoms with E-state index in [4.69, 9.17) is 16.3 Å². The van der Waals surface area contributed by atoms with Crippen molar-refractivity contribution >= 4 is 29.1 Å². The molecule has 0 fully saturated rings. The van der Waals surface area contributed by atoms with Gasteiger partial charge >= 0.3 is 0 Å². The first-order valence-corrected chi connectivity index (χ1v) is 8.21. The zero-order valence-corrected chi connectivity index (χ0v) is 15.0. The number of ether oxygens (including phenoxy) is 1. The average Bonchev–Trinajstić information content (AvgIpc) is 2.51. The molecule has 1 aromatic rings. The molecular weight excluding hydrogens is 316 g/mol. The summed E-state index contributed by atoms with van der Waals surface area (Å²) in [5.41, 5.74) is 0.588. The van der Waals surface area contributed by atoms with Gasteiger partial charge < -0.3 is 14.5 Å². The van der Waals surface area contributed by atoms with Crippen LogP contribution in [0.1, 0.15) is 33.6 Å². The molecule has 0 unspecified atom stereocenters. The highest BCUT2D eigenvalue weighted by Crippen LogP contribution is 2.29. The van der Waals surface area contributed by atoms with Gasteiger partial charge in [0, 0.05) is 25.7 Å². The first-order valence-electron chi connectivity index (χ1n) is 7.83. The highest BCUT2D eigenvalue weighted by Gasteiger charge is 2.20. The van der Waals surface area contributed by atoms with E-state index in [1.807, 2.05) is 13.8 Å². The lowest BCUT2D eigenvalue weighted by atomic mass is 10.2. The van der Waals surface area contributed by atoms with E-state index in [-0.39, 0.29) is 18.4 Å². The molecule has 23 heavy (non-hydrogen) atoms. The van der Waals surface area contributed by atoms with Crippen molar-refractivity contribution in [3.63, 3.8) is 0 Å². The number of carbonyl (C=O) groups excluding carboxylic acids is 2. The quantitative estimate of drug-likeness (QED) is 0.729. The van der Waals surface area contributed by atoms with E-state index < -0.39 is 0 Å². The number of anilines is 1. The Labute approximate surface area is 143 Å². The van der Waals surface area contributed by atoms with Crippen molar-refractivity contribution in [1.82, 2.24) is 4.90 Å². The fraction of sp³-hybridized carbons (Fsp3) is 0.529. The molecule has 6 heteroatoms. The lowest BCUT2D eigenvalue weighted by molar-refractivity contribution is -0.131. The largest absolute Gasteiger partial charge is 0.495 e. The number of carbonyl (C=O) groups is 2. The van der Waals surface area contributed by atoms with Gasteiger partial charge in [-0.2, -0.15) is 0 Å². The molecule has 1 rings (SSSR count). The number of hydrogen-bond acceptors (Lipinski definition) is 3. The number of nitrogens with zero attached hydrogens (tertiary/aromatic N) is 2. The topological polar surface area (TPSA) is 49.9 Å². The SMILES string of the molecule is CCCN(CCC)C(=O)CN(C(C)=O)c1ccc(OC)c(Cl)c1. The van der Waals surface area contributed by atoms with Crippen LogP contribution in [0, 0.1) is 0 Å². The van der Waals surface area contributed by atoms with Gasteiger partial charge in [-0.25, -0.2) is 0 Å². The molecule has 5 nitrogen and oxygen atoms in total. The van der Waals surface area contributed by atoms with Crippen molar-refractivity contribution in [1.29, 1.82) is 0 Å². The molecule has 0 aliphatic carbocycles. The van der Waals surface area contributed by atoms with Crippen LogP contribution < -0.4 is 9.64 Å². The van der Waals surface area contributed by atoms with Crippen LogP contribution in [0.15, 0.2) is 18.2 Å². The van der Waals surface area contributed by atoms with E-state index in [9.17, 15) is 9.59 Å². The Morgan fingerprint density at radius 2 is 1.78 bits per heavy atom. The summed E-state index contributed by atoms with van der Waals surface area (Å²) < 4.78 is 5.11. The second-order valence-electron chi connectivity index (χ2n) is 5.30. The first kappa shape index (κ1) is 19.3. The molecule has 0 radical (unpaired) electrons. The summed E-state index contributed by atoms with van der Waals surface area (Å²) in [5, 5.41) is 0.405. The monoisotopic (exact) mass is 340 g/mol. The standard InChI is InChI=1S/C17H25ClN2O3/c1-5-9-19(10-6-2)17(22)12-20(13(3)21)14-7-8-16(23-4)15(18)11-14/h7-8,11H,5-6,9-10,12H2,1-4H3. The number of amides is 2. The number of halogens is 1. The zero-order valence-electron chi connectivity index (χ0n) is 14.3. The molecule has 0 aromatic heterocycles. The maximum atomic E-state index is 12.5. The summed E-state index contributed by atoms with van der Waals surface area (Å²) in [6.07, 6.45) is 1.78. The van der Waals surface area contributed by atoms with Gasteiger partial charge in [-0.3, -0.25) is 9.59 Å². The molecule has 0 bridgehead atoms. The lowest BCUT2D eigenvalue weighted by Gasteiger charge is -2.27. The van der Waals surface area contributed by atoms with Gasteiger partial charge in [-0.05, 0) is 31.0 Å². The average molecular weight is 341 g/mol. The van der Waals surface area contributed by atoms with Crippen molar-refractivity contribution in [3.8, 4) is 5.75 Å². The predicted molar refractivity (Wildman–Crippen MR) is 93.2 cm³/mol. The van der Waals surface area contributed by atoms with E-state index in [2.05, 4.69) is 0 Å². The van der Waals surface area contributed by atoms with E-state index >= 15 is 0 Å². The second-order valence-corrected chi connectivity index (χ2v) is 5.71. The van der Waals surface area contributed by atoms with Crippen LogP contribution in [0.25, 0.3) is 0 Å². The molecular formula is C17H25ClN2O3. The Morgan fingerprint density at radius 3 is 2.22 bits per heavy atom. The van der Waals surface area contributed by atoms with Gasteiger partial charge in [-0.15, -0.1) is 0 Å². The van der Waals surface area contributed by atoms with Crippen molar-refractivity contribution in [2.24, 2.45) is 0 Å². The minimum Gasteiger partial charge on any atom is -0.495 e. The number of benzene rings is 1. The zero-order chi connectivity index (χ0) is 17.4. The number of rotatable bonds is 8. The summed E-state index contributed by atoms with van der Waals surface area (Å²) in [7, 11) is 1.53. The Kier molecular flexibility index (Phi) is 7.89. The Morgan fingerprint density at radius 1 is 1.17 bits per heavy atom. The minimum absolute atomic E-state index is 0.0119. The molecule has 0 saturated heterocycles. The van der Waals surface area contributed by atoms with Gasteiger partial charge in [-0.1, -0.05) is 25.4 Å². The highest BCUT2D eigenvalue weighted by molar-refractivity contribution is 6.32. The molecule has 128 valence electrons. The molecule has 0 aliphatic rings. The third-order valence-corrected chi connectivity index (χ3v) is 3.76. The molecule has 0 spiro atoms. The van der Waals surface area contributed by atoms with Crippen LogP contribution in [0.4, 0.5) is 5.69 Å². The van der Waals surface area contributed by atoms with Gasteiger partial charge in [0.1, 0.15) is 12.3 Å². The molecule has 0 aliphatic heterocycles. The summed E-state index contributed by atoms with van der Waals surface area (Å²) in [6.45, 7) is 6.90. The number of methoxy groups -OCH3 is 1. The van der Waals surface area contributed by atoms with Crippen molar-refractivity contribution in [3.05, 3.63) is 23.2 Å². The molecule has 1 aromatic carbocycles. The second kappa shape index (κ2) is 9.40. The van der Waals surface area contributed by atoms with E-state index in [0.29, 0.717) is 29.5 Å². The summed E-state index contributed by atoms with van der Waals surface area (Å²) in [4.78, 5) is 27.7. The number of hydrogen-bond donors (Lipinski definition) is 0. The smallest absolute Gasteiger partial charge is 0.242 e. The maximum Gasteiger partial charge on any atom is 0.242 e. The van der Waals surface area contributed by atoms with E-state index in [1.165, 1.54) is 18.9 Å². The third-order valence-electron chi connectivity index (χ3n) is 3.46. The Hall–Kier alpha value is -1.75. The minimum atomic E-state index is -0.201. The van der Waals surface area contributed by atoms with Crippen LogP contribution in [0.2, 0.25) is 5.02 Å². The molecule has 2 amide bonds. The normalized spacial score (nSPS) is 10.3. The third kappa shape index (κ3) is 5.43. The maximum absolute atomic E-state index is 12.5. The Balaban J connectivity index is 2.96. The predicted octanol–water partition coefficient (Wildman–Crippen LogP) is 3.35. The van der Waals surface area contributed by atoms with Gasteiger partial charge in [0.2, 0.25) is 11.8 Å². The molecule has 0 saturated carbocycles. The van der Waals surface area contributed by atoms with E-state index in [1.54, 1.807) is 23.1 Å². The first-order chi connectivity index (χ1) is 10.9. The molecule has 0 N–H and O–H groups in total. The molecule has 0 atom stereocenters. The van der Waals surface area contributed by atoms with E-state index in [0.717, 1.165) is 12.8 Å². The van der Waals surface area contributed by atoms with Crippen LogP contribution in [-0.2, 0) is 9.59 Å². The van der Waals surface area contributed by atoms with Crippen LogP contribution in [0.5, 0.6) is 5.75 Å².